The second-order valence-electron chi connectivity index (χ2n) is 7.65. The maximum Gasteiger partial charge on any atom is 0.288 e. The predicted molar refractivity (Wildman–Crippen MR) is 124 cm³/mol. The molecule has 3 aromatic carbocycles. The van der Waals surface area contributed by atoms with E-state index in [2.05, 4.69) is 20.6 Å². The van der Waals surface area contributed by atoms with Crippen LogP contribution in [-0.2, 0) is 4.79 Å². The summed E-state index contributed by atoms with van der Waals surface area (Å²) in [6.45, 7) is 3.90. The van der Waals surface area contributed by atoms with Gasteiger partial charge in [0.25, 0.3) is 11.8 Å². The molecule has 0 bridgehead atoms. The van der Waals surface area contributed by atoms with Gasteiger partial charge in [0.05, 0.1) is 11.0 Å². The average molecular weight is 425 g/mol. The number of H-pyrrole nitrogens is 1. The molecular weight excluding hydrogens is 402 g/mol. The second-order valence-corrected chi connectivity index (χ2v) is 7.65. The van der Waals surface area contributed by atoms with Crippen molar-refractivity contribution >= 4 is 28.7 Å². The molecule has 4 aromatic rings. The summed E-state index contributed by atoms with van der Waals surface area (Å²) in [7, 11) is 0. The Hall–Kier alpha value is -4.26. The van der Waals surface area contributed by atoms with E-state index >= 15 is 0 Å². The highest BCUT2D eigenvalue weighted by Crippen LogP contribution is 2.17. The van der Waals surface area contributed by atoms with Crippen LogP contribution in [0.2, 0.25) is 0 Å². The molecule has 0 spiro atoms. The van der Waals surface area contributed by atoms with Gasteiger partial charge in [-0.3, -0.25) is 15.0 Å². The summed E-state index contributed by atoms with van der Waals surface area (Å²) < 4.78 is 0. The summed E-state index contributed by atoms with van der Waals surface area (Å²) >= 11 is 0. The molecule has 1 heterocycles. The molecule has 1 aromatic heterocycles. The van der Waals surface area contributed by atoms with Gasteiger partial charge in [0, 0.05) is 5.56 Å². The number of nitrogens with zero attached hydrogens (tertiary/aromatic N) is 1. The largest absolute Gasteiger partial charge is 0.334 e. The molecule has 0 aliphatic rings. The number of aromatic amines is 1. The Labute approximate surface area is 185 Å². The minimum absolute atomic E-state index is 0.0406. The van der Waals surface area contributed by atoms with Crippen molar-refractivity contribution in [2.45, 2.75) is 19.9 Å². The quantitative estimate of drug-likeness (QED) is 0.288. The number of carbonyl (C=O) groups excluding carboxylic acids is 2. The normalized spacial score (nSPS) is 11.7. The van der Waals surface area contributed by atoms with E-state index in [-0.39, 0.29) is 11.7 Å². The van der Waals surface area contributed by atoms with Crippen LogP contribution in [0.3, 0.4) is 0 Å². The minimum atomic E-state index is -0.998. The lowest BCUT2D eigenvalue weighted by Gasteiger charge is -2.19. The van der Waals surface area contributed by atoms with Gasteiger partial charge in [-0.1, -0.05) is 66.2 Å². The molecule has 0 fully saturated rings. The first-order valence-corrected chi connectivity index (χ1v) is 10.2. The van der Waals surface area contributed by atoms with Crippen molar-refractivity contribution in [2.24, 2.45) is 0 Å². The van der Waals surface area contributed by atoms with Crippen LogP contribution in [0.5, 0.6) is 0 Å². The van der Waals surface area contributed by atoms with Gasteiger partial charge in [0.2, 0.25) is 0 Å². The monoisotopic (exact) mass is 425 g/mol. The Morgan fingerprint density at radius 2 is 1.62 bits per heavy atom. The van der Waals surface area contributed by atoms with E-state index in [1.165, 1.54) is 0 Å². The smallest absolute Gasteiger partial charge is 0.288 e. The van der Waals surface area contributed by atoms with E-state index in [1.807, 2.05) is 50.2 Å². The molecule has 2 amide bonds. The lowest BCUT2D eigenvalue weighted by Crippen LogP contribution is -2.43. The van der Waals surface area contributed by atoms with Crippen LogP contribution in [0, 0.1) is 19.3 Å². The Bertz CT molecular complexity index is 1290. The maximum atomic E-state index is 13.1. The highest BCUT2D eigenvalue weighted by molar-refractivity contribution is 6.08. The summed E-state index contributed by atoms with van der Waals surface area (Å²) in [5.74, 6) is -0.941. The van der Waals surface area contributed by atoms with Crippen LogP contribution in [0.4, 0.5) is 0 Å². The number of amidine groups is 1. The third kappa shape index (κ3) is 4.57. The molecule has 0 aliphatic carbocycles. The number of imidazole rings is 1. The first-order valence-electron chi connectivity index (χ1n) is 10.2. The highest BCUT2D eigenvalue weighted by atomic mass is 16.2. The number of carbonyl (C=O) groups is 2. The second kappa shape index (κ2) is 8.85. The number of fused-ring (bicyclic) bond motifs is 1. The van der Waals surface area contributed by atoms with Gasteiger partial charge in [-0.2, -0.15) is 0 Å². The van der Waals surface area contributed by atoms with E-state index in [4.69, 9.17) is 5.41 Å². The summed E-state index contributed by atoms with van der Waals surface area (Å²) in [6, 6.07) is 20.9. The first-order chi connectivity index (χ1) is 15.4. The van der Waals surface area contributed by atoms with Crippen molar-refractivity contribution in [1.29, 1.82) is 5.41 Å². The fourth-order valence-electron chi connectivity index (χ4n) is 3.36. The molecule has 7 heteroatoms. The lowest BCUT2D eigenvalue weighted by molar-refractivity contribution is -0.121. The van der Waals surface area contributed by atoms with E-state index in [0.29, 0.717) is 16.6 Å². The maximum absolute atomic E-state index is 13.1. The third-order valence-corrected chi connectivity index (χ3v) is 5.11. The predicted octanol–water partition coefficient (Wildman–Crippen LogP) is 3.79. The van der Waals surface area contributed by atoms with Gasteiger partial charge in [-0.05, 0) is 37.1 Å². The van der Waals surface area contributed by atoms with Crippen LogP contribution in [-0.4, -0.2) is 27.6 Å². The van der Waals surface area contributed by atoms with E-state index in [9.17, 15) is 9.59 Å². The van der Waals surface area contributed by atoms with Crippen molar-refractivity contribution < 1.29 is 9.59 Å². The van der Waals surface area contributed by atoms with Crippen molar-refractivity contribution in [3.05, 3.63) is 101 Å². The average Bonchev–Trinajstić information content (AvgIpc) is 3.22. The molecule has 0 saturated heterocycles. The number of nitrogens with one attached hydrogen (secondary N) is 4. The first kappa shape index (κ1) is 21.0. The van der Waals surface area contributed by atoms with Gasteiger partial charge in [0.15, 0.2) is 5.82 Å². The summed E-state index contributed by atoms with van der Waals surface area (Å²) in [4.78, 5) is 33.4. The number of hydrogen-bond acceptors (Lipinski definition) is 4. The summed E-state index contributed by atoms with van der Waals surface area (Å²) in [6.07, 6.45) is 0. The standard InChI is InChI=1S/C25H23N5O2/c1-15-8-11-17(12-9-15)21(24(31)30-22(26)18-6-4-3-5-7-18)29-25(32)23-27-19-13-10-16(2)14-20(19)28-23/h3-14,21H,1-2H3,(H,27,28)(H,29,32)(H2,26,30,31). The molecule has 0 aliphatic heterocycles. The Balaban J connectivity index is 1.59. The SMILES string of the molecule is Cc1ccc(C(NC(=O)c2nc3ccc(C)cc3[nH]2)C(=O)NC(=N)c2ccccc2)cc1. The fraction of sp³-hybridized carbons (Fsp3) is 0.120. The van der Waals surface area contributed by atoms with Crippen LogP contribution in [0.15, 0.2) is 72.8 Å². The van der Waals surface area contributed by atoms with Gasteiger partial charge >= 0.3 is 0 Å². The summed E-state index contributed by atoms with van der Waals surface area (Å²) in [5, 5.41) is 13.6. The van der Waals surface area contributed by atoms with E-state index < -0.39 is 17.9 Å². The highest BCUT2D eigenvalue weighted by Gasteiger charge is 2.25. The van der Waals surface area contributed by atoms with Crippen LogP contribution in [0.25, 0.3) is 11.0 Å². The number of aromatic nitrogens is 2. The number of rotatable bonds is 5. The number of hydrogen-bond donors (Lipinski definition) is 4. The number of aryl methyl sites for hydroxylation is 2. The molecule has 0 saturated carbocycles. The van der Waals surface area contributed by atoms with Crippen LogP contribution < -0.4 is 10.6 Å². The van der Waals surface area contributed by atoms with E-state index in [0.717, 1.165) is 16.6 Å². The minimum Gasteiger partial charge on any atom is -0.334 e. The summed E-state index contributed by atoms with van der Waals surface area (Å²) in [5.41, 5.74) is 4.67. The molecule has 32 heavy (non-hydrogen) atoms. The lowest BCUT2D eigenvalue weighted by atomic mass is 10.0. The van der Waals surface area contributed by atoms with Crippen molar-refractivity contribution in [3.8, 4) is 0 Å². The third-order valence-electron chi connectivity index (χ3n) is 5.11. The van der Waals surface area contributed by atoms with Gasteiger partial charge < -0.3 is 15.6 Å². The molecule has 7 nitrogen and oxygen atoms in total. The zero-order chi connectivity index (χ0) is 22.7. The molecule has 4 N–H and O–H groups in total. The van der Waals surface area contributed by atoms with Gasteiger partial charge in [0.1, 0.15) is 11.9 Å². The molecule has 4 rings (SSSR count). The molecular formula is C25H23N5O2. The Morgan fingerprint density at radius 1 is 0.938 bits per heavy atom. The van der Waals surface area contributed by atoms with Crippen molar-refractivity contribution in [2.75, 3.05) is 0 Å². The number of amides is 2. The zero-order valence-corrected chi connectivity index (χ0v) is 17.8. The fourth-order valence-corrected chi connectivity index (χ4v) is 3.36. The topological polar surface area (TPSA) is 111 Å². The van der Waals surface area contributed by atoms with Crippen molar-refractivity contribution in [3.63, 3.8) is 0 Å². The molecule has 0 radical (unpaired) electrons. The van der Waals surface area contributed by atoms with Crippen LogP contribution >= 0.6 is 0 Å². The van der Waals surface area contributed by atoms with Gasteiger partial charge in [-0.15, -0.1) is 0 Å². The molecule has 1 atom stereocenters. The van der Waals surface area contributed by atoms with Crippen molar-refractivity contribution in [1.82, 2.24) is 20.6 Å². The zero-order valence-electron chi connectivity index (χ0n) is 17.8. The Kier molecular flexibility index (Phi) is 5.81. The number of benzene rings is 3. The Morgan fingerprint density at radius 3 is 2.34 bits per heavy atom. The van der Waals surface area contributed by atoms with Crippen LogP contribution in [0.1, 0.15) is 38.9 Å². The molecule has 1 unspecified atom stereocenters. The molecule has 160 valence electrons. The van der Waals surface area contributed by atoms with E-state index in [1.54, 1.807) is 36.4 Å². The van der Waals surface area contributed by atoms with Gasteiger partial charge in [-0.25, -0.2) is 4.98 Å².